The summed E-state index contributed by atoms with van der Waals surface area (Å²) in [6, 6.07) is 3.62. The zero-order valence-electron chi connectivity index (χ0n) is 40.3. The van der Waals surface area contributed by atoms with Gasteiger partial charge in [-0.15, -0.1) is 0 Å². The Bertz CT molecular complexity index is 1940. The predicted octanol–water partition coefficient (Wildman–Crippen LogP) is 7.83. The van der Waals surface area contributed by atoms with Crippen LogP contribution in [0.2, 0.25) is 10.0 Å². The molecule has 1 saturated carbocycles. The zero-order valence-corrected chi connectivity index (χ0v) is 41.8. The lowest BCUT2D eigenvalue weighted by Crippen LogP contribution is -2.62. The third-order valence-electron chi connectivity index (χ3n) is 15.2. The highest BCUT2D eigenvalue weighted by Crippen LogP contribution is 2.44. The molecule has 4 heterocycles. The van der Waals surface area contributed by atoms with E-state index in [2.05, 4.69) is 4.90 Å². The van der Waals surface area contributed by atoms with Gasteiger partial charge in [0.1, 0.15) is 30.7 Å². The number of aliphatic hydroxyl groups is 1. The first-order valence-electron chi connectivity index (χ1n) is 23.7. The van der Waals surface area contributed by atoms with Crippen LogP contribution in [0.15, 0.2) is 18.2 Å². The summed E-state index contributed by atoms with van der Waals surface area (Å²) >= 11 is 12.5. The first-order chi connectivity index (χ1) is 31.1. The predicted molar refractivity (Wildman–Crippen MR) is 244 cm³/mol. The van der Waals surface area contributed by atoms with E-state index in [1.54, 1.807) is 67.5 Å². The molecule has 0 unspecified atom stereocenters. The van der Waals surface area contributed by atoms with Gasteiger partial charge in [0.2, 0.25) is 0 Å². The molecule has 1 aromatic rings. The van der Waals surface area contributed by atoms with E-state index < -0.39 is 102 Å². The number of halogens is 2. The van der Waals surface area contributed by atoms with E-state index >= 15 is 4.79 Å². The summed E-state index contributed by atoms with van der Waals surface area (Å²) in [4.78, 5) is 75.4. The summed E-state index contributed by atoms with van der Waals surface area (Å²) in [6.45, 7) is 15.7. The number of rotatable bonds is 10. The monoisotopic (exact) mass is 967 g/mol. The van der Waals surface area contributed by atoms with Gasteiger partial charge in [-0.1, -0.05) is 69.8 Å². The molecule has 0 bridgehead atoms. The number of ether oxygens (including phenoxy) is 7. The summed E-state index contributed by atoms with van der Waals surface area (Å²) in [7, 11) is 3.51. The number of carbonyl (C=O) groups excluding carboxylic acids is 5. The number of fused-ring (bicyclic) bond motifs is 1. The quantitative estimate of drug-likeness (QED) is 0.177. The van der Waals surface area contributed by atoms with Crippen molar-refractivity contribution in [1.29, 1.82) is 0 Å². The minimum atomic E-state index is -1.52. The van der Waals surface area contributed by atoms with Crippen LogP contribution in [0.1, 0.15) is 113 Å². The molecule has 0 spiro atoms. The van der Waals surface area contributed by atoms with E-state index in [0.29, 0.717) is 28.9 Å². The molecule has 0 radical (unpaired) electrons. The van der Waals surface area contributed by atoms with Crippen molar-refractivity contribution in [1.82, 2.24) is 14.7 Å². The Morgan fingerprint density at radius 2 is 1.67 bits per heavy atom. The number of benzene rings is 1. The number of aliphatic hydroxyl groups excluding tert-OH is 1. The van der Waals surface area contributed by atoms with E-state index in [4.69, 9.17) is 56.4 Å². The Labute approximate surface area is 399 Å². The van der Waals surface area contributed by atoms with Crippen LogP contribution in [0.25, 0.3) is 0 Å². The maximum atomic E-state index is 15.0. The highest BCUT2D eigenvalue weighted by atomic mass is 35.5. The Morgan fingerprint density at radius 1 is 0.985 bits per heavy atom. The molecule has 0 aromatic heterocycles. The summed E-state index contributed by atoms with van der Waals surface area (Å²) < 4.78 is 43.7. The highest BCUT2D eigenvalue weighted by molar-refractivity contribution is 6.42. The number of esters is 1. The maximum Gasteiger partial charge on any atom is 0.419 e. The van der Waals surface area contributed by atoms with Gasteiger partial charge in [-0.3, -0.25) is 19.4 Å². The van der Waals surface area contributed by atoms with Crippen LogP contribution in [0.4, 0.5) is 14.4 Å². The number of cyclic esters (lactones) is 2. The zero-order chi connectivity index (χ0) is 48.6. The fourth-order valence-corrected chi connectivity index (χ4v) is 11.7. The van der Waals surface area contributed by atoms with Gasteiger partial charge in [0.05, 0.1) is 45.9 Å². The molecule has 5 fully saturated rings. The van der Waals surface area contributed by atoms with Crippen LogP contribution in [0.5, 0.6) is 0 Å². The number of carbonyl (C=O) groups is 5. The minimum absolute atomic E-state index is 0.0454. The second kappa shape index (κ2) is 21.2. The van der Waals surface area contributed by atoms with Gasteiger partial charge in [-0.25, -0.2) is 19.3 Å². The van der Waals surface area contributed by atoms with Crippen molar-refractivity contribution >= 4 is 53.2 Å². The number of ketones is 1. The Kier molecular flexibility index (Phi) is 16.7. The van der Waals surface area contributed by atoms with Crippen molar-refractivity contribution in [3.63, 3.8) is 0 Å². The van der Waals surface area contributed by atoms with Gasteiger partial charge >= 0.3 is 24.2 Å². The van der Waals surface area contributed by atoms with E-state index in [1.165, 1.54) is 12.0 Å². The lowest BCUT2D eigenvalue weighted by molar-refractivity contribution is -0.303. The molecule has 4 saturated heterocycles. The fourth-order valence-electron chi connectivity index (χ4n) is 11.4. The second-order valence-electron chi connectivity index (χ2n) is 19.9. The lowest BCUT2D eigenvalue weighted by atomic mass is 9.73. The van der Waals surface area contributed by atoms with E-state index in [1.807, 2.05) is 20.0 Å². The molecule has 16 nitrogen and oxygen atoms in total. The number of nitrogens with zero attached hydrogens (tertiary/aromatic N) is 3. The average molecular weight is 969 g/mol. The summed E-state index contributed by atoms with van der Waals surface area (Å²) in [6.07, 6.45) is -3.40. The van der Waals surface area contributed by atoms with E-state index in [9.17, 15) is 24.3 Å². The molecule has 18 heteroatoms. The van der Waals surface area contributed by atoms with Crippen molar-refractivity contribution in [3.05, 3.63) is 33.8 Å². The second-order valence-corrected chi connectivity index (χ2v) is 20.7. The molecule has 5 aliphatic rings. The summed E-state index contributed by atoms with van der Waals surface area (Å²) in [5.41, 5.74) is -2.10. The van der Waals surface area contributed by atoms with Crippen LogP contribution < -0.4 is 0 Å². The van der Waals surface area contributed by atoms with Crippen molar-refractivity contribution in [2.24, 2.45) is 23.7 Å². The van der Waals surface area contributed by atoms with Crippen LogP contribution in [-0.4, -0.2) is 149 Å². The molecule has 3 amide bonds. The van der Waals surface area contributed by atoms with Crippen LogP contribution in [0.3, 0.4) is 0 Å². The molecule has 1 aliphatic carbocycles. The Morgan fingerprint density at radius 3 is 2.27 bits per heavy atom. The standard InChI is InChI=1S/C48H71Cl2N3O13/c1-12-36-48(9)40(52(44(57)66-48)20-19-31-17-18-33(49)34(50)22-31)28(5)37(54)25(2)23-47(8,60-11)41(65-43-38(55)35(21-27(4)62-43)51(10)32-15-13-14-16-32)29(6)39(30(7)42(56)63-36)64-46(59)53-26(3)24-61-45(53)58/h17-18,22,25-30,32,35-36,38-41,43,55H,12-16,19-21,23-24H2,1-11H3/t25-,26+,27-,28-,29+,30-,35+,36+,38-,39-,40-,41-,43+,47+,48-/m1/s1. The van der Waals surface area contributed by atoms with E-state index in [-0.39, 0.29) is 43.9 Å². The molecular weight excluding hydrogens is 897 g/mol. The third kappa shape index (κ3) is 10.5. The number of likely N-dealkylation sites (N-methyl/N-ethyl adjacent to an activating group) is 1. The summed E-state index contributed by atoms with van der Waals surface area (Å²) in [5.74, 6) is -4.75. The molecule has 66 heavy (non-hydrogen) atoms. The molecule has 4 aliphatic heterocycles. The van der Waals surface area contributed by atoms with Crippen molar-refractivity contribution in [2.45, 2.75) is 186 Å². The van der Waals surface area contributed by atoms with Crippen molar-refractivity contribution < 1.29 is 62.2 Å². The van der Waals surface area contributed by atoms with E-state index in [0.717, 1.165) is 36.1 Å². The molecule has 1 aromatic carbocycles. The molecule has 1 N–H and O–H groups in total. The van der Waals surface area contributed by atoms with Gasteiger partial charge in [-0.2, -0.15) is 0 Å². The molecule has 370 valence electrons. The normalized spacial score (nSPS) is 38.5. The first-order valence-corrected chi connectivity index (χ1v) is 24.4. The number of methoxy groups -OCH3 is 1. The Balaban J connectivity index is 1.43. The molecule has 15 atom stereocenters. The van der Waals surface area contributed by atoms with Gasteiger partial charge in [-0.05, 0) is 97.9 Å². The number of imide groups is 1. The first kappa shape index (κ1) is 52.1. The average Bonchev–Trinajstić information content (AvgIpc) is 4.00. The molecule has 6 rings (SSSR count). The molecular formula is C48H71Cl2N3O13. The third-order valence-corrected chi connectivity index (χ3v) is 16.0. The fraction of sp³-hybridized carbons (Fsp3) is 0.771. The lowest BCUT2D eigenvalue weighted by Gasteiger charge is -2.49. The number of hydrogen-bond acceptors (Lipinski definition) is 14. The topological polar surface area (TPSA) is 180 Å². The number of hydrogen-bond donors (Lipinski definition) is 1. The van der Waals surface area contributed by atoms with Crippen LogP contribution in [-0.2, 0) is 49.2 Å². The van der Waals surface area contributed by atoms with Crippen molar-refractivity contribution in [3.8, 4) is 0 Å². The van der Waals surface area contributed by atoms with Crippen LogP contribution >= 0.6 is 23.2 Å². The Hall–Kier alpha value is -3.25. The number of amides is 3. The SMILES string of the molecule is CC[C@@H]1OC(=O)[C@H](C)[C@H](OC(=O)N2C(=O)OC[C@@H]2C)[C@H](C)[C@@H](O[C@@H]2O[C@H](C)C[C@H](N(C)C3CCCC3)[C@H]2O)[C@@](C)(OC)C[C@@H](C)C(=O)[C@@H](C)[C@H]2N(CCc3ccc(Cl)c(Cl)c3)C(=O)O[C@]12C. The highest BCUT2D eigenvalue weighted by Gasteiger charge is 2.61. The maximum absolute atomic E-state index is 15.0. The van der Waals surface area contributed by atoms with Crippen LogP contribution in [0, 0.1) is 23.7 Å². The van der Waals surface area contributed by atoms with Gasteiger partial charge < -0.3 is 38.3 Å². The van der Waals surface area contributed by atoms with Gasteiger partial charge in [0.15, 0.2) is 11.9 Å². The van der Waals surface area contributed by atoms with Crippen molar-refractivity contribution in [2.75, 3.05) is 27.3 Å². The smallest absolute Gasteiger partial charge is 0.419 e. The largest absolute Gasteiger partial charge is 0.458 e. The minimum Gasteiger partial charge on any atom is -0.458 e. The van der Waals surface area contributed by atoms with Gasteiger partial charge in [0, 0.05) is 43.5 Å². The number of Topliss-reactive ketones (excluding diaryl/α,β-unsaturated/α-hetero) is 1. The summed E-state index contributed by atoms with van der Waals surface area (Å²) in [5, 5.41) is 12.9. The van der Waals surface area contributed by atoms with Gasteiger partial charge in [0.25, 0.3) is 0 Å².